The van der Waals surface area contributed by atoms with Crippen molar-refractivity contribution in [1.82, 2.24) is 0 Å². The molecule has 22 heavy (non-hydrogen) atoms. The Bertz CT molecular complexity index is 690. The molecule has 5 heteroatoms. The maximum Gasteiger partial charge on any atom is 0.154 e. The van der Waals surface area contributed by atoms with Crippen LogP contribution in [0.25, 0.3) is 0 Å². The van der Waals surface area contributed by atoms with Gasteiger partial charge in [0.05, 0.1) is 11.8 Å². The summed E-state index contributed by atoms with van der Waals surface area (Å²) in [5.74, 6) is -0.238. The number of hydrogen-bond acceptors (Lipinski definition) is 5. The quantitative estimate of drug-likeness (QED) is 0.857. The van der Waals surface area contributed by atoms with E-state index in [1.54, 1.807) is 36.4 Å². The largest absolute Gasteiger partial charge is 0.733 e. The van der Waals surface area contributed by atoms with Gasteiger partial charge in [-0.25, -0.2) is 0 Å². The summed E-state index contributed by atoms with van der Waals surface area (Å²) in [5, 5.41) is 29.0. The maximum absolute atomic E-state index is 12.2. The van der Waals surface area contributed by atoms with Gasteiger partial charge in [0, 0.05) is 6.42 Å². The second-order valence-electron chi connectivity index (χ2n) is 5.06. The topological polar surface area (TPSA) is 87.4 Å². The Morgan fingerprint density at radius 2 is 1.82 bits per heavy atom. The number of hydrogen-bond donors (Lipinski definition) is 1. The molecule has 0 aromatic heterocycles. The molecule has 0 heterocycles. The first-order valence-electron chi connectivity index (χ1n) is 6.72. The average Bonchev–Trinajstić information content (AvgIpc) is 2.53. The first kappa shape index (κ1) is 15.7. The van der Waals surface area contributed by atoms with E-state index in [9.17, 15) is 15.3 Å². The molecule has 0 unspecified atom stereocenters. The van der Waals surface area contributed by atoms with Gasteiger partial charge in [-0.15, -0.1) is 0 Å². The first-order chi connectivity index (χ1) is 10.5. The van der Waals surface area contributed by atoms with Crippen molar-refractivity contribution in [2.45, 2.75) is 18.8 Å². The second-order valence-corrected chi connectivity index (χ2v) is 5.06. The summed E-state index contributed by atoms with van der Waals surface area (Å²) in [4.78, 5) is 12.2. The molecule has 0 saturated carbocycles. The van der Waals surface area contributed by atoms with Gasteiger partial charge in [0.1, 0.15) is 5.41 Å². The van der Waals surface area contributed by atoms with Crippen LogP contribution in [0.3, 0.4) is 0 Å². The van der Waals surface area contributed by atoms with Crippen LogP contribution in [-0.2, 0) is 16.6 Å². The lowest BCUT2D eigenvalue weighted by molar-refractivity contribution is -0.120. The van der Waals surface area contributed by atoms with E-state index in [-0.39, 0.29) is 23.1 Å². The van der Waals surface area contributed by atoms with Crippen molar-refractivity contribution >= 4 is 11.5 Å². The summed E-state index contributed by atoms with van der Waals surface area (Å²) in [6, 6.07) is 17.2. The molecule has 0 saturated heterocycles. The molecular formula is C17H15N2O3-. The van der Waals surface area contributed by atoms with Crippen LogP contribution in [0.5, 0.6) is 0 Å². The fraction of sp³-hybridized carbons (Fsp3) is 0.176. The third kappa shape index (κ3) is 2.98. The van der Waals surface area contributed by atoms with Gasteiger partial charge >= 0.3 is 0 Å². The van der Waals surface area contributed by atoms with Crippen LogP contribution in [0.1, 0.15) is 18.1 Å². The standard InChI is InChI=1S/C17H15N2O3/c1-13(20)17(12-18,15-5-3-2-4-6-15)11-14-7-9-16(10-8-14)19(21)22/h2-10,21H,11H2,1H3/q-1/t17-/m1/s1. The maximum atomic E-state index is 12.2. The van der Waals surface area contributed by atoms with E-state index in [4.69, 9.17) is 5.21 Å². The Labute approximate surface area is 128 Å². The highest BCUT2D eigenvalue weighted by Crippen LogP contribution is 2.30. The van der Waals surface area contributed by atoms with E-state index in [0.29, 0.717) is 5.56 Å². The Hall–Kier alpha value is -2.68. The zero-order valence-electron chi connectivity index (χ0n) is 12.1. The fourth-order valence-corrected chi connectivity index (χ4v) is 2.38. The van der Waals surface area contributed by atoms with Crippen LogP contribution in [-0.4, -0.2) is 11.0 Å². The molecule has 112 valence electrons. The summed E-state index contributed by atoms with van der Waals surface area (Å²) in [6.07, 6.45) is 0.202. The van der Waals surface area contributed by atoms with Gasteiger partial charge < -0.3 is 10.4 Å². The monoisotopic (exact) mass is 295 g/mol. The molecule has 5 nitrogen and oxygen atoms in total. The van der Waals surface area contributed by atoms with Gasteiger partial charge in [-0.2, -0.15) is 5.26 Å². The number of rotatable bonds is 5. The number of anilines is 1. The van der Waals surface area contributed by atoms with E-state index in [1.165, 1.54) is 19.1 Å². The highest BCUT2D eigenvalue weighted by molar-refractivity contribution is 5.91. The van der Waals surface area contributed by atoms with Crippen molar-refractivity contribution in [1.29, 1.82) is 5.26 Å². The minimum atomic E-state index is -1.26. The normalized spacial score (nSPS) is 13.0. The van der Waals surface area contributed by atoms with Gasteiger partial charge in [-0.05, 0) is 30.2 Å². The number of ketones is 1. The molecule has 0 aliphatic rings. The lowest BCUT2D eigenvalue weighted by atomic mass is 9.74. The van der Waals surface area contributed by atoms with Gasteiger partial charge in [0.25, 0.3) is 0 Å². The zero-order chi connectivity index (χ0) is 16.2. The van der Waals surface area contributed by atoms with Crippen molar-refractivity contribution < 1.29 is 10.0 Å². The molecule has 0 aliphatic heterocycles. The number of benzene rings is 2. The molecule has 0 radical (unpaired) electrons. The molecule has 0 aliphatic carbocycles. The van der Waals surface area contributed by atoms with Crippen LogP contribution in [0.2, 0.25) is 0 Å². The number of Topliss-reactive ketones (excluding diaryl/α,β-unsaturated/α-hetero) is 1. The van der Waals surface area contributed by atoms with Crippen LogP contribution in [0.4, 0.5) is 5.69 Å². The minimum Gasteiger partial charge on any atom is -0.733 e. The molecule has 2 rings (SSSR count). The van der Waals surface area contributed by atoms with Crippen molar-refractivity contribution in [3.05, 3.63) is 70.9 Å². The number of nitriles is 1. The molecule has 1 N–H and O–H groups in total. The van der Waals surface area contributed by atoms with Crippen molar-refractivity contribution in [2.24, 2.45) is 0 Å². The smallest absolute Gasteiger partial charge is 0.154 e. The molecule has 0 bridgehead atoms. The van der Waals surface area contributed by atoms with Gasteiger partial charge in [-0.3, -0.25) is 10.0 Å². The summed E-state index contributed by atoms with van der Waals surface area (Å²) >= 11 is 0. The van der Waals surface area contributed by atoms with Crippen LogP contribution >= 0.6 is 0 Å². The molecule has 0 fully saturated rings. The van der Waals surface area contributed by atoms with Gasteiger partial charge in [-0.1, -0.05) is 42.5 Å². The third-order valence-corrected chi connectivity index (χ3v) is 3.68. The third-order valence-electron chi connectivity index (χ3n) is 3.68. The van der Waals surface area contributed by atoms with Crippen LogP contribution < -0.4 is 5.23 Å². The summed E-state index contributed by atoms with van der Waals surface area (Å²) < 4.78 is 0. The van der Waals surface area contributed by atoms with Crippen LogP contribution in [0, 0.1) is 16.5 Å². The van der Waals surface area contributed by atoms with Crippen molar-refractivity contribution in [2.75, 3.05) is 5.23 Å². The summed E-state index contributed by atoms with van der Waals surface area (Å²) in [7, 11) is 0. The van der Waals surface area contributed by atoms with Crippen molar-refractivity contribution in [3.63, 3.8) is 0 Å². The predicted molar refractivity (Wildman–Crippen MR) is 82.2 cm³/mol. The predicted octanol–water partition coefficient (Wildman–Crippen LogP) is 2.97. The number of carbonyl (C=O) groups excluding carboxylic acids is 1. The van der Waals surface area contributed by atoms with Gasteiger partial charge in [0.2, 0.25) is 0 Å². The van der Waals surface area contributed by atoms with E-state index < -0.39 is 5.41 Å². The van der Waals surface area contributed by atoms with E-state index in [2.05, 4.69) is 6.07 Å². The Morgan fingerprint density at radius 3 is 2.27 bits per heavy atom. The van der Waals surface area contributed by atoms with Crippen LogP contribution in [0.15, 0.2) is 54.6 Å². The minimum absolute atomic E-state index is 0.0915. The van der Waals surface area contributed by atoms with Gasteiger partial charge in [0.15, 0.2) is 5.78 Å². The molecule has 0 spiro atoms. The average molecular weight is 295 g/mol. The first-order valence-corrected chi connectivity index (χ1v) is 6.72. The molecule has 0 amide bonds. The number of carbonyl (C=O) groups is 1. The zero-order valence-corrected chi connectivity index (χ0v) is 12.1. The second kappa shape index (κ2) is 6.39. The molecule has 1 atom stereocenters. The highest BCUT2D eigenvalue weighted by Gasteiger charge is 2.37. The Morgan fingerprint density at radius 1 is 1.23 bits per heavy atom. The fourth-order valence-electron chi connectivity index (χ4n) is 2.38. The number of nitrogens with zero attached hydrogens (tertiary/aromatic N) is 2. The lowest BCUT2D eigenvalue weighted by Crippen LogP contribution is -2.35. The molecule has 2 aromatic rings. The highest BCUT2D eigenvalue weighted by atomic mass is 16.8. The summed E-state index contributed by atoms with van der Waals surface area (Å²) in [6.45, 7) is 1.40. The SMILES string of the molecule is CC(=O)[C@](C#N)(Cc1ccc(N([O-])O)cc1)c1ccccc1. The summed E-state index contributed by atoms with van der Waals surface area (Å²) in [5.41, 5.74) is 0.195. The van der Waals surface area contributed by atoms with E-state index in [0.717, 1.165) is 5.56 Å². The Kier molecular flexibility index (Phi) is 4.56. The molecular weight excluding hydrogens is 280 g/mol. The lowest BCUT2D eigenvalue weighted by Gasteiger charge is -2.25. The van der Waals surface area contributed by atoms with E-state index >= 15 is 0 Å². The Balaban J connectivity index is 2.40. The van der Waals surface area contributed by atoms with Crippen molar-refractivity contribution in [3.8, 4) is 6.07 Å². The van der Waals surface area contributed by atoms with E-state index in [1.807, 2.05) is 6.07 Å². The molecule has 2 aromatic carbocycles.